The van der Waals surface area contributed by atoms with Gasteiger partial charge in [-0.2, -0.15) is 0 Å². The molecule has 0 radical (unpaired) electrons. The lowest BCUT2D eigenvalue weighted by Gasteiger charge is -1.54. The zero-order valence-electron chi connectivity index (χ0n) is 3.14. The Morgan fingerprint density at radius 2 is 2.00 bits per heavy atom. The number of hydrogen-bond acceptors (Lipinski definition) is 2. The summed E-state index contributed by atoms with van der Waals surface area (Å²) in [4.78, 5) is 0. The first-order valence-corrected chi connectivity index (χ1v) is 5.18. The first kappa shape index (κ1) is 4.41. The summed E-state index contributed by atoms with van der Waals surface area (Å²) in [6, 6.07) is 0. The zero-order valence-corrected chi connectivity index (χ0v) is 4.96. The molecule has 2 nitrogen and oxygen atoms in total. The maximum atomic E-state index is 10.4. The summed E-state index contributed by atoms with van der Waals surface area (Å²) in [6.45, 7) is 0. The van der Waals surface area contributed by atoms with Crippen LogP contribution in [0, 0.1) is 0 Å². The molecule has 0 aliphatic carbocycles. The van der Waals surface area contributed by atoms with Crippen LogP contribution < -0.4 is 0 Å². The Morgan fingerprint density at radius 1 is 1.50 bits per heavy atom. The van der Waals surface area contributed by atoms with Crippen LogP contribution in [-0.4, -0.2) is 15.7 Å². The highest BCUT2D eigenvalue weighted by Crippen LogP contribution is 2.15. The van der Waals surface area contributed by atoms with E-state index in [0.717, 1.165) is 0 Å². The molecule has 0 aromatic rings. The summed E-state index contributed by atoms with van der Waals surface area (Å²) >= 11 is 0. The Hall–Kier alpha value is 0.250. The van der Waals surface area contributed by atoms with Gasteiger partial charge in [-0.3, -0.25) is 8.77 Å². The Kier molecular flexibility index (Phi) is 0.815. The Labute approximate surface area is 37.4 Å². The van der Waals surface area contributed by atoms with E-state index in [1.54, 1.807) is 0 Å². The summed E-state index contributed by atoms with van der Waals surface area (Å²) in [5.41, 5.74) is 0. The van der Waals surface area contributed by atoms with E-state index in [0.29, 0.717) is 11.5 Å². The third-order valence-electron chi connectivity index (χ3n) is 0.727. The minimum atomic E-state index is -1.69. The second-order valence-corrected chi connectivity index (χ2v) is 6.64. The SMILES string of the molecule is O=[PH]=S1(=O)CC1. The summed E-state index contributed by atoms with van der Waals surface area (Å²) in [5.74, 6) is 1.41. The quantitative estimate of drug-likeness (QED) is 0.342. The largest absolute Gasteiger partial charge is 0.277 e. The Balaban J connectivity index is 3.35. The molecule has 1 atom stereocenters. The first-order valence-electron chi connectivity index (χ1n) is 1.65. The van der Waals surface area contributed by atoms with Crippen molar-refractivity contribution in [1.82, 2.24) is 0 Å². The standard InChI is InChI=1S/C2H5O2PS/c3-5-6(4)1-2-6/h5H,1-2H2. The van der Waals surface area contributed by atoms with Crippen molar-refractivity contribution in [2.45, 2.75) is 0 Å². The van der Waals surface area contributed by atoms with Gasteiger partial charge >= 0.3 is 0 Å². The van der Waals surface area contributed by atoms with E-state index in [1.165, 1.54) is 0 Å². The molecule has 1 unspecified atom stereocenters. The molecule has 1 aliphatic heterocycles. The van der Waals surface area contributed by atoms with E-state index < -0.39 is 16.3 Å². The minimum Gasteiger partial charge on any atom is -0.277 e. The molecule has 0 spiro atoms. The molecule has 1 saturated heterocycles. The van der Waals surface area contributed by atoms with Crippen LogP contribution in [0.15, 0.2) is 0 Å². The molecule has 0 bridgehead atoms. The minimum absolute atomic E-state index is 0.544. The summed E-state index contributed by atoms with van der Waals surface area (Å²) in [6.07, 6.45) is 0. The molecule has 1 heterocycles. The predicted octanol–water partition coefficient (Wildman–Crippen LogP) is 0.223. The van der Waals surface area contributed by atoms with Crippen molar-refractivity contribution < 1.29 is 8.77 Å². The van der Waals surface area contributed by atoms with Gasteiger partial charge in [-0.1, -0.05) is 0 Å². The molecule has 0 aromatic heterocycles. The van der Waals surface area contributed by atoms with Gasteiger partial charge in [0.2, 0.25) is 0 Å². The third-order valence-corrected chi connectivity index (χ3v) is 4.32. The Bertz CT molecular complexity index is 174. The molecule has 1 fully saturated rings. The fraction of sp³-hybridized carbons (Fsp3) is 1.00. The van der Waals surface area contributed by atoms with Gasteiger partial charge in [-0.15, -0.1) is 0 Å². The van der Waals surface area contributed by atoms with Crippen LogP contribution >= 0.6 is 7.24 Å². The zero-order chi connectivity index (χ0) is 4.62. The Morgan fingerprint density at radius 3 is 2.00 bits per heavy atom. The van der Waals surface area contributed by atoms with Crippen molar-refractivity contribution >= 4 is 16.3 Å². The molecule has 1 rings (SSSR count). The molecule has 4 heteroatoms. The van der Waals surface area contributed by atoms with Gasteiger partial charge in [0.1, 0.15) is 7.24 Å². The first-order chi connectivity index (χ1) is 2.77. The van der Waals surface area contributed by atoms with E-state index >= 15 is 0 Å². The van der Waals surface area contributed by atoms with E-state index in [4.69, 9.17) is 0 Å². The summed E-state index contributed by atoms with van der Waals surface area (Å²) in [7, 11) is -2.23. The average Bonchev–Trinajstić information content (AvgIpc) is 2.22. The maximum Gasteiger partial charge on any atom is 0.137 e. The summed E-state index contributed by atoms with van der Waals surface area (Å²) in [5, 5.41) is 0. The highest BCUT2D eigenvalue weighted by Gasteiger charge is 2.21. The second-order valence-electron chi connectivity index (χ2n) is 1.30. The lowest BCUT2D eigenvalue weighted by molar-refractivity contribution is 0.605. The van der Waals surface area contributed by atoms with Crippen molar-refractivity contribution in [3.63, 3.8) is 0 Å². The van der Waals surface area contributed by atoms with E-state index in [1.807, 2.05) is 0 Å². The smallest absolute Gasteiger partial charge is 0.137 e. The fourth-order valence-corrected chi connectivity index (χ4v) is 2.18. The van der Waals surface area contributed by atoms with Gasteiger partial charge in [0.15, 0.2) is 0 Å². The number of rotatable bonds is 0. The lowest BCUT2D eigenvalue weighted by atomic mass is 11.0. The number of hydrogen-bond donors (Lipinski definition) is 0. The van der Waals surface area contributed by atoms with Crippen LogP contribution in [0.2, 0.25) is 0 Å². The molecule has 6 heavy (non-hydrogen) atoms. The van der Waals surface area contributed by atoms with E-state index in [2.05, 4.69) is 0 Å². The molecule has 1 aliphatic rings. The van der Waals surface area contributed by atoms with Crippen LogP contribution in [0.5, 0.6) is 0 Å². The van der Waals surface area contributed by atoms with Crippen molar-refractivity contribution in [3.8, 4) is 0 Å². The van der Waals surface area contributed by atoms with Gasteiger partial charge in [0.05, 0.1) is 0 Å². The topological polar surface area (TPSA) is 34.1 Å². The van der Waals surface area contributed by atoms with Crippen LogP contribution in [0.1, 0.15) is 0 Å². The fourth-order valence-electron chi connectivity index (χ4n) is 0.159. The van der Waals surface area contributed by atoms with Crippen LogP contribution in [0.4, 0.5) is 0 Å². The third kappa shape index (κ3) is 0.660. The van der Waals surface area contributed by atoms with Gasteiger partial charge < -0.3 is 0 Å². The van der Waals surface area contributed by atoms with Crippen molar-refractivity contribution in [2.24, 2.45) is 0 Å². The summed E-state index contributed by atoms with van der Waals surface area (Å²) < 4.78 is 20.1. The highest BCUT2D eigenvalue weighted by molar-refractivity contribution is 8.27. The molecular formula is C2H5O2PS. The molecule has 0 saturated carbocycles. The lowest BCUT2D eigenvalue weighted by Crippen LogP contribution is -1.53. The van der Waals surface area contributed by atoms with Gasteiger partial charge in [0.25, 0.3) is 0 Å². The molecule has 36 valence electrons. The van der Waals surface area contributed by atoms with Crippen molar-refractivity contribution in [1.29, 1.82) is 0 Å². The van der Waals surface area contributed by atoms with Gasteiger partial charge in [0, 0.05) is 20.6 Å². The van der Waals surface area contributed by atoms with Gasteiger partial charge in [-0.25, -0.2) is 0 Å². The molecule has 0 N–H and O–H groups in total. The molecule has 0 aromatic carbocycles. The molecule has 0 amide bonds. The monoisotopic (exact) mass is 124 g/mol. The predicted molar refractivity (Wildman–Crippen MR) is 26.9 cm³/mol. The maximum absolute atomic E-state index is 10.4. The van der Waals surface area contributed by atoms with Crippen molar-refractivity contribution in [3.05, 3.63) is 0 Å². The van der Waals surface area contributed by atoms with E-state index in [-0.39, 0.29) is 0 Å². The van der Waals surface area contributed by atoms with Crippen LogP contribution in [0.3, 0.4) is 0 Å². The highest BCUT2D eigenvalue weighted by atomic mass is 32.5. The van der Waals surface area contributed by atoms with Gasteiger partial charge in [-0.05, 0) is 0 Å². The van der Waals surface area contributed by atoms with Crippen molar-refractivity contribution in [2.75, 3.05) is 11.5 Å². The van der Waals surface area contributed by atoms with E-state index in [9.17, 15) is 8.77 Å². The average molecular weight is 124 g/mol. The van der Waals surface area contributed by atoms with Crippen LogP contribution in [-0.2, 0) is 13.7 Å². The second kappa shape index (κ2) is 1.11. The van der Waals surface area contributed by atoms with Crippen LogP contribution in [0.25, 0.3) is 0 Å². The normalized spacial score (nSPS) is 27.3. The molecular weight excluding hydrogens is 119 g/mol.